The van der Waals surface area contributed by atoms with Crippen LogP contribution in [0.2, 0.25) is 0 Å². The highest BCUT2D eigenvalue weighted by Crippen LogP contribution is 2.30. The van der Waals surface area contributed by atoms with Gasteiger partial charge < -0.3 is 24.6 Å². The zero-order chi connectivity index (χ0) is 21.9. The number of hydrogen-bond acceptors (Lipinski definition) is 7. The number of benzene rings is 1. The van der Waals surface area contributed by atoms with Crippen LogP contribution in [0.3, 0.4) is 0 Å². The monoisotopic (exact) mass is 434 g/mol. The number of pyridine rings is 2. The van der Waals surface area contributed by atoms with Gasteiger partial charge in [0, 0.05) is 31.3 Å². The maximum atomic E-state index is 10.3. The Kier molecular flexibility index (Phi) is 5.89. The number of para-hydroxylation sites is 1. The van der Waals surface area contributed by atoms with Crippen LogP contribution in [0.25, 0.3) is 27.9 Å². The van der Waals surface area contributed by atoms with E-state index in [0.29, 0.717) is 25.5 Å². The van der Waals surface area contributed by atoms with Gasteiger partial charge in [0.1, 0.15) is 41.5 Å². The summed E-state index contributed by atoms with van der Waals surface area (Å²) in [6, 6.07) is 13.7. The predicted molar refractivity (Wildman–Crippen MR) is 121 cm³/mol. The van der Waals surface area contributed by atoms with E-state index >= 15 is 0 Å². The first-order valence-electron chi connectivity index (χ1n) is 10.8. The number of aliphatic hydroxyl groups is 1. The molecule has 2 atom stereocenters. The summed E-state index contributed by atoms with van der Waals surface area (Å²) in [5, 5.41) is 14.4. The number of ether oxygens (including phenoxy) is 3. The first-order valence-corrected chi connectivity index (χ1v) is 10.8. The van der Waals surface area contributed by atoms with Crippen LogP contribution in [-0.4, -0.2) is 65.1 Å². The van der Waals surface area contributed by atoms with Gasteiger partial charge in [0.15, 0.2) is 0 Å². The van der Waals surface area contributed by atoms with Crippen molar-refractivity contribution in [3.05, 3.63) is 54.9 Å². The van der Waals surface area contributed by atoms with E-state index in [4.69, 9.17) is 19.2 Å². The number of nitrogens with zero attached hydrogens (tertiary/aromatic N) is 3. The number of nitrogens with one attached hydrogen (secondary N) is 1. The van der Waals surface area contributed by atoms with Crippen LogP contribution in [-0.2, 0) is 4.74 Å². The van der Waals surface area contributed by atoms with Crippen molar-refractivity contribution in [2.24, 2.45) is 0 Å². The highest BCUT2D eigenvalue weighted by atomic mass is 16.5. The molecular formula is C24H26N4O4. The summed E-state index contributed by atoms with van der Waals surface area (Å²) < 4.78 is 18.9. The molecule has 5 rings (SSSR count). The van der Waals surface area contributed by atoms with E-state index in [1.54, 1.807) is 7.11 Å². The molecule has 2 N–H and O–H groups in total. The molecule has 0 bridgehead atoms. The van der Waals surface area contributed by atoms with Gasteiger partial charge in [0.25, 0.3) is 0 Å². The summed E-state index contributed by atoms with van der Waals surface area (Å²) in [6.07, 6.45) is 3.70. The Labute approximate surface area is 185 Å². The third-order valence-corrected chi connectivity index (χ3v) is 5.65. The Bertz CT molecular complexity index is 1230. The lowest BCUT2D eigenvalue weighted by Gasteiger charge is -2.29. The van der Waals surface area contributed by atoms with Gasteiger partial charge >= 0.3 is 0 Å². The van der Waals surface area contributed by atoms with Gasteiger partial charge in [-0.15, -0.1) is 0 Å². The number of fused-ring (bicyclic) bond motifs is 2. The molecule has 0 spiro atoms. The maximum Gasteiger partial charge on any atom is 0.146 e. The lowest BCUT2D eigenvalue weighted by Crippen LogP contribution is -2.46. The number of aliphatic hydroxyl groups excluding tert-OH is 1. The minimum absolute atomic E-state index is 0.250. The first-order chi connectivity index (χ1) is 15.7. The van der Waals surface area contributed by atoms with E-state index in [1.165, 1.54) is 0 Å². The Morgan fingerprint density at radius 2 is 2.12 bits per heavy atom. The van der Waals surface area contributed by atoms with Crippen molar-refractivity contribution < 1.29 is 19.3 Å². The van der Waals surface area contributed by atoms with Crippen molar-refractivity contribution in [3.63, 3.8) is 0 Å². The number of rotatable bonds is 7. The summed E-state index contributed by atoms with van der Waals surface area (Å²) >= 11 is 0. The van der Waals surface area contributed by atoms with E-state index in [9.17, 15) is 5.11 Å². The first kappa shape index (κ1) is 20.7. The van der Waals surface area contributed by atoms with Crippen molar-refractivity contribution in [2.45, 2.75) is 18.6 Å². The normalized spacial score (nSPS) is 18.8. The van der Waals surface area contributed by atoms with Crippen LogP contribution in [0, 0.1) is 0 Å². The summed E-state index contributed by atoms with van der Waals surface area (Å²) in [7, 11) is 1.65. The molecule has 1 aliphatic heterocycles. The van der Waals surface area contributed by atoms with E-state index in [2.05, 4.69) is 10.3 Å². The van der Waals surface area contributed by atoms with Gasteiger partial charge in [0.2, 0.25) is 0 Å². The zero-order valence-electron chi connectivity index (χ0n) is 17.9. The molecule has 4 aromatic rings. The smallest absolute Gasteiger partial charge is 0.146 e. The summed E-state index contributed by atoms with van der Waals surface area (Å²) in [5.74, 6) is 1.42. The van der Waals surface area contributed by atoms with E-state index in [0.717, 1.165) is 46.7 Å². The molecule has 0 saturated carbocycles. The number of imidazole rings is 1. The molecule has 1 aliphatic rings. The van der Waals surface area contributed by atoms with Gasteiger partial charge in [-0.1, -0.05) is 18.2 Å². The number of β-amino-alcohol motifs (C(OH)–C–C–N with tert-alkyl or cyclic N) is 1. The molecule has 1 saturated heterocycles. The van der Waals surface area contributed by atoms with Gasteiger partial charge in [-0.05, 0) is 31.2 Å². The highest BCUT2D eigenvalue weighted by molar-refractivity contribution is 5.86. The molecule has 166 valence electrons. The molecular weight excluding hydrogens is 408 g/mol. The molecule has 8 nitrogen and oxygen atoms in total. The van der Waals surface area contributed by atoms with Gasteiger partial charge in [-0.3, -0.25) is 4.40 Å². The summed E-state index contributed by atoms with van der Waals surface area (Å²) in [5.41, 5.74) is 3.21. The Morgan fingerprint density at radius 3 is 3.00 bits per heavy atom. The SMILES string of the molecule is COCCOc1ccn2c(-c3ccc4cccc(OC5CCNCC5O)c4n3)cnc2c1. The standard InChI is InChI=1S/C24H26N4O4/c1-30-11-12-31-17-8-10-28-19(14-26-23(28)13-17)18-6-5-16-3-2-4-22(24(16)27-18)32-21-7-9-25-15-20(21)29/h2-6,8,10,13-14,20-21,25,29H,7,9,11-12,15H2,1H3. The molecule has 32 heavy (non-hydrogen) atoms. The second-order valence-corrected chi connectivity index (χ2v) is 7.82. The fraction of sp³-hybridized carbons (Fsp3) is 0.333. The quantitative estimate of drug-likeness (QED) is 0.432. The molecule has 4 heterocycles. The van der Waals surface area contributed by atoms with Gasteiger partial charge in [-0.2, -0.15) is 0 Å². The molecule has 3 aromatic heterocycles. The van der Waals surface area contributed by atoms with Crippen LogP contribution < -0.4 is 14.8 Å². The fourth-order valence-electron chi connectivity index (χ4n) is 3.96. The zero-order valence-corrected chi connectivity index (χ0v) is 17.9. The van der Waals surface area contributed by atoms with Crippen LogP contribution in [0.5, 0.6) is 11.5 Å². The molecule has 1 fully saturated rings. The van der Waals surface area contributed by atoms with Gasteiger partial charge in [-0.25, -0.2) is 9.97 Å². The fourth-order valence-corrected chi connectivity index (χ4v) is 3.96. The third kappa shape index (κ3) is 4.12. The Hall–Kier alpha value is -3.20. The molecule has 2 unspecified atom stereocenters. The Morgan fingerprint density at radius 1 is 1.19 bits per heavy atom. The molecule has 1 aromatic carbocycles. The molecule has 0 amide bonds. The lowest BCUT2D eigenvalue weighted by atomic mass is 10.1. The van der Waals surface area contributed by atoms with Crippen LogP contribution in [0.4, 0.5) is 0 Å². The lowest BCUT2D eigenvalue weighted by molar-refractivity contribution is 0.0170. The number of hydrogen-bond donors (Lipinski definition) is 2. The predicted octanol–water partition coefficient (Wildman–Crippen LogP) is 2.68. The largest absolute Gasteiger partial charge is 0.491 e. The summed E-state index contributed by atoms with van der Waals surface area (Å²) in [6.45, 7) is 2.38. The topological polar surface area (TPSA) is 90.1 Å². The van der Waals surface area contributed by atoms with Crippen molar-refractivity contribution in [1.29, 1.82) is 0 Å². The Balaban J connectivity index is 1.47. The number of aromatic nitrogens is 3. The summed E-state index contributed by atoms with van der Waals surface area (Å²) in [4.78, 5) is 9.44. The van der Waals surface area contributed by atoms with Crippen LogP contribution in [0.1, 0.15) is 6.42 Å². The molecule has 8 heteroatoms. The average molecular weight is 434 g/mol. The van der Waals surface area contributed by atoms with Crippen molar-refractivity contribution in [1.82, 2.24) is 19.7 Å². The number of piperidine rings is 1. The second kappa shape index (κ2) is 9.12. The average Bonchev–Trinajstić information content (AvgIpc) is 3.24. The second-order valence-electron chi connectivity index (χ2n) is 7.82. The number of methoxy groups -OCH3 is 1. The van der Waals surface area contributed by atoms with Crippen molar-refractivity contribution in [2.75, 3.05) is 33.4 Å². The minimum atomic E-state index is -0.540. The van der Waals surface area contributed by atoms with E-state index in [1.807, 2.05) is 59.3 Å². The highest BCUT2D eigenvalue weighted by Gasteiger charge is 2.25. The van der Waals surface area contributed by atoms with Crippen LogP contribution in [0.15, 0.2) is 54.9 Å². The van der Waals surface area contributed by atoms with E-state index < -0.39 is 6.10 Å². The van der Waals surface area contributed by atoms with Crippen LogP contribution >= 0.6 is 0 Å². The minimum Gasteiger partial charge on any atom is -0.491 e. The van der Waals surface area contributed by atoms with E-state index in [-0.39, 0.29) is 6.10 Å². The maximum absolute atomic E-state index is 10.3. The molecule has 0 radical (unpaired) electrons. The van der Waals surface area contributed by atoms with Crippen molar-refractivity contribution >= 4 is 16.6 Å². The van der Waals surface area contributed by atoms with Gasteiger partial charge in [0.05, 0.1) is 24.2 Å². The molecule has 0 aliphatic carbocycles. The third-order valence-electron chi connectivity index (χ3n) is 5.65. The van der Waals surface area contributed by atoms with Crippen molar-refractivity contribution in [3.8, 4) is 22.9 Å².